The van der Waals surface area contributed by atoms with Gasteiger partial charge in [-0.05, 0) is 49.9 Å². The van der Waals surface area contributed by atoms with Crippen molar-refractivity contribution >= 4 is 16.9 Å². The Morgan fingerprint density at radius 2 is 1.84 bits per heavy atom. The summed E-state index contributed by atoms with van der Waals surface area (Å²) in [6, 6.07) is 13.9. The molecule has 0 aliphatic heterocycles. The van der Waals surface area contributed by atoms with Crippen LogP contribution in [0.25, 0.3) is 10.9 Å². The van der Waals surface area contributed by atoms with E-state index in [0.717, 1.165) is 45.3 Å². The largest absolute Gasteiger partial charge is 0.457 e. The minimum Gasteiger partial charge on any atom is -0.457 e. The molecule has 0 N–H and O–H groups in total. The smallest absolute Gasteiger partial charge is 0.339 e. The van der Waals surface area contributed by atoms with E-state index in [1.165, 1.54) is 0 Å². The number of hydrogen-bond acceptors (Lipinski definition) is 3. The van der Waals surface area contributed by atoms with Crippen LogP contribution in [0.15, 0.2) is 42.5 Å². The van der Waals surface area contributed by atoms with Gasteiger partial charge in [0, 0.05) is 11.1 Å². The topological polar surface area (TPSA) is 39.2 Å². The minimum atomic E-state index is -0.285. The van der Waals surface area contributed by atoms with Crippen molar-refractivity contribution in [2.75, 3.05) is 0 Å². The van der Waals surface area contributed by atoms with Gasteiger partial charge in [0.15, 0.2) is 0 Å². The van der Waals surface area contributed by atoms with E-state index in [4.69, 9.17) is 4.74 Å². The average Bonchev–Trinajstić information content (AvgIpc) is 2.61. The minimum absolute atomic E-state index is 0.282. The Bertz CT molecular complexity index is 944. The number of carbonyl (C=O) groups is 1. The molecule has 0 fully saturated rings. The van der Waals surface area contributed by atoms with Gasteiger partial charge < -0.3 is 4.74 Å². The maximum absolute atomic E-state index is 12.9. The fraction of sp³-hybridized carbons (Fsp3) is 0.273. The molecule has 128 valence electrons. The molecule has 0 saturated carbocycles. The normalized spacial score (nSPS) is 10.9. The molecule has 0 amide bonds. The van der Waals surface area contributed by atoms with Gasteiger partial charge in [-0.15, -0.1) is 0 Å². The summed E-state index contributed by atoms with van der Waals surface area (Å²) in [7, 11) is 0. The van der Waals surface area contributed by atoms with Crippen LogP contribution in [0.1, 0.15) is 45.2 Å². The van der Waals surface area contributed by atoms with Gasteiger partial charge in [0.2, 0.25) is 0 Å². The molecule has 0 radical (unpaired) electrons. The van der Waals surface area contributed by atoms with Gasteiger partial charge in [-0.2, -0.15) is 0 Å². The number of fused-ring (bicyclic) bond motifs is 1. The van der Waals surface area contributed by atoms with Crippen LogP contribution in [0.2, 0.25) is 0 Å². The van der Waals surface area contributed by atoms with Crippen molar-refractivity contribution in [3.8, 4) is 0 Å². The van der Waals surface area contributed by atoms with Crippen LogP contribution < -0.4 is 0 Å². The van der Waals surface area contributed by atoms with Crippen LogP contribution in [0.4, 0.5) is 0 Å². The summed E-state index contributed by atoms with van der Waals surface area (Å²) in [6.07, 6.45) is 0.786. The number of ether oxygens (including phenoxy) is 1. The van der Waals surface area contributed by atoms with E-state index in [9.17, 15) is 4.79 Å². The summed E-state index contributed by atoms with van der Waals surface area (Å²) in [6.45, 7) is 8.36. The lowest BCUT2D eigenvalue weighted by Crippen LogP contribution is -2.11. The first-order valence-corrected chi connectivity index (χ1v) is 8.62. The zero-order valence-corrected chi connectivity index (χ0v) is 15.2. The predicted molar refractivity (Wildman–Crippen MR) is 101 cm³/mol. The molecule has 0 aliphatic rings. The van der Waals surface area contributed by atoms with Gasteiger partial charge in [-0.1, -0.05) is 48.9 Å². The van der Waals surface area contributed by atoms with Crippen LogP contribution in [-0.4, -0.2) is 11.0 Å². The van der Waals surface area contributed by atoms with Crippen molar-refractivity contribution in [1.29, 1.82) is 0 Å². The van der Waals surface area contributed by atoms with E-state index in [0.29, 0.717) is 5.56 Å². The van der Waals surface area contributed by atoms with Gasteiger partial charge in [-0.3, -0.25) is 4.98 Å². The third-order valence-electron chi connectivity index (χ3n) is 4.64. The highest BCUT2D eigenvalue weighted by Gasteiger charge is 2.18. The predicted octanol–water partition coefficient (Wildman–Crippen LogP) is 5.08. The third kappa shape index (κ3) is 3.41. The number of carbonyl (C=O) groups excluding carboxylic acids is 1. The van der Waals surface area contributed by atoms with Gasteiger partial charge in [0.25, 0.3) is 0 Å². The first kappa shape index (κ1) is 17.2. The van der Waals surface area contributed by atoms with Crippen molar-refractivity contribution in [3.05, 3.63) is 76.0 Å². The Kier molecular flexibility index (Phi) is 4.84. The second-order valence-corrected chi connectivity index (χ2v) is 6.44. The maximum Gasteiger partial charge on any atom is 0.339 e. The second kappa shape index (κ2) is 7.06. The molecule has 3 rings (SSSR count). The number of pyridine rings is 1. The molecule has 0 atom stereocenters. The molecule has 3 heteroatoms. The molecular formula is C22H23NO2. The van der Waals surface area contributed by atoms with Gasteiger partial charge >= 0.3 is 5.97 Å². The summed E-state index contributed by atoms with van der Waals surface area (Å²) in [5, 5.41) is 0.850. The summed E-state index contributed by atoms with van der Waals surface area (Å²) in [5.74, 6) is -0.285. The maximum atomic E-state index is 12.9. The Morgan fingerprint density at radius 3 is 2.60 bits per heavy atom. The Balaban J connectivity index is 1.96. The molecule has 0 aliphatic carbocycles. The molecule has 0 saturated heterocycles. The lowest BCUT2D eigenvalue weighted by Gasteiger charge is -2.14. The molecule has 0 bridgehead atoms. The van der Waals surface area contributed by atoms with Crippen molar-refractivity contribution in [2.24, 2.45) is 0 Å². The summed E-state index contributed by atoms with van der Waals surface area (Å²) < 4.78 is 5.67. The zero-order valence-electron chi connectivity index (χ0n) is 15.2. The molecule has 3 aromatic rings. The first-order valence-electron chi connectivity index (χ1n) is 8.62. The van der Waals surface area contributed by atoms with E-state index >= 15 is 0 Å². The van der Waals surface area contributed by atoms with E-state index in [2.05, 4.69) is 30.1 Å². The number of para-hydroxylation sites is 1. The molecule has 1 aromatic heterocycles. The molecule has 25 heavy (non-hydrogen) atoms. The molecule has 3 nitrogen and oxygen atoms in total. The van der Waals surface area contributed by atoms with Crippen molar-refractivity contribution < 1.29 is 9.53 Å². The summed E-state index contributed by atoms with van der Waals surface area (Å²) in [5.41, 5.74) is 6.65. The first-order chi connectivity index (χ1) is 12.0. The fourth-order valence-electron chi connectivity index (χ4n) is 3.14. The summed E-state index contributed by atoms with van der Waals surface area (Å²) >= 11 is 0. The van der Waals surface area contributed by atoms with Crippen LogP contribution >= 0.6 is 0 Å². The standard InChI is InChI=1S/C22H23NO2/c1-5-19-16(4)21(18-8-6-7-9-20(18)23-19)22(24)25-13-17-12-14(2)10-11-15(17)3/h6-12H,5,13H2,1-4H3. The zero-order chi connectivity index (χ0) is 18.0. The number of aromatic nitrogens is 1. The molecule has 2 aromatic carbocycles. The van der Waals surface area contributed by atoms with Gasteiger partial charge in [0.1, 0.15) is 6.61 Å². The highest BCUT2D eigenvalue weighted by molar-refractivity contribution is 6.05. The molecule has 0 unspecified atom stereocenters. The molecule has 0 spiro atoms. The highest BCUT2D eigenvalue weighted by atomic mass is 16.5. The van der Waals surface area contributed by atoms with Gasteiger partial charge in [0.05, 0.1) is 11.1 Å². The van der Waals surface area contributed by atoms with Crippen LogP contribution in [-0.2, 0) is 17.8 Å². The number of esters is 1. The van der Waals surface area contributed by atoms with E-state index < -0.39 is 0 Å². The SMILES string of the molecule is CCc1nc2ccccc2c(C(=O)OCc2cc(C)ccc2C)c1C. The number of benzene rings is 2. The lowest BCUT2D eigenvalue weighted by molar-refractivity contribution is 0.0473. The van der Waals surface area contributed by atoms with E-state index in [1.54, 1.807) is 0 Å². The monoisotopic (exact) mass is 333 g/mol. The Hall–Kier alpha value is -2.68. The van der Waals surface area contributed by atoms with Crippen LogP contribution in [0.3, 0.4) is 0 Å². The van der Waals surface area contributed by atoms with Crippen molar-refractivity contribution in [1.82, 2.24) is 4.98 Å². The molecular weight excluding hydrogens is 310 g/mol. The second-order valence-electron chi connectivity index (χ2n) is 6.44. The summed E-state index contributed by atoms with van der Waals surface area (Å²) in [4.78, 5) is 17.5. The van der Waals surface area contributed by atoms with Gasteiger partial charge in [-0.25, -0.2) is 4.79 Å². The Labute approximate surface area is 148 Å². The lowest BCUT2D eigenvalue weighted by atomic mass is 10.0. The number of nitrogens with zero attached hydrogens (tertiary/aromatic N) is 1. The van der Waals surface area contributed by atoms with Crippen molar-refractivity contribution in [3.63, 3.8) is 0 Å². The Morgan fingerprint density at radius 1 is 1.08 bits per heavy atom. The number of hydrogen-bond donors (Lipinski definition) is 0. The highest BCUT2D eigenvalue weighted by Crippen LogP contribution is 2.25. The van der Waals surface area contributed by atoms with Crippen LogP contribution in [0, 0.1) is 20.8 Å². The quantitative estimate of drug-likeness (QED) is 0.625. The van der Waals surface area contributed by atoms with Crippen LogP contribution in [0.5, 0.6) is 0 Å². The van der Waals surface area contributed by atoms with Crippen molar-refractivity contribution in [2.45, 2.75) is 40.7 Å². The third-order valence-corrected chi connectivity index (χ3v) is 4.64. The number of aryl methyl sites for hydroxylation is 3. The fourth-order valence-corrected chi connectivity index (χ4v) is 3.14. The molecule has 1 heterocycles. The van der Waals surface area contributed by atoms with E-state index in [-0.39, 0.29) is 12.6 Å². The average molecular weight is 333 g/mol. The number of rotatable bonds is 4. The van der Waals surface area contributed by atoms with E-state index in [1.807, 2.05) is 45.0 Å².